The molecule has 20 heavy (non-hydrogen) atoms. The van der Waals surface area contributed by atoms with Gasteiger partial charge in [-0.3, -0.25) is 0 Å². The van der Waals surface area contributed by atoms with Crippen molar-refractivity contribution in [1.82, 2.24) is 5.32 Å². The van der Waals surface area contributed by atoms with Crippen LogP contribution >= 0.6 is 0 Å². The van der Waals surface area contributed by atoms with Crippen LogP contribution in [0.15, 0.2) is 24.3 Å². The van der Waals surface area contributed by atoms with Gasteiger partial charge >= 0.3 is 0 Å². The van der Waals surface area contributed by atoms with Crippen molar-refractivity contribution in [2.24, 2.45) is 0 Å². The lowest BCUT2D eigenvalue weighted by molar-refractivity contribution is 0.133. The van der Waals surface area contributed by atoms with E-state index in [1.807, 2.05) is 18.2 Å². The molecule has 0 aliphatic rings. The molecule has 0 spiro atoms. The van der Waals surface area contributed by atoms with Gasteiger partial charge in [0.05, 0.1) is 13.7 Å². The van der Waals surface area contributed by atoms with E-state index in [1.165, 1.54) is 12.1 Å². The fourth-order valence-corrected chi connectivity index (χ4v) is 1.84. The molecule has 0 atom stereocenters. The first-order valence-corrected chi connectivity index (χ1v) is 7.41. The maximum absolute atomic E-state index is 5.50. The molecule has 0 bridgehead atoms. The number of methoxy groups -OCH3 is 1. The van der Waals surface area contributed by atoms with E-state index in [4.69, 9.17) is 9.47 Å². The molecule has 0 aliphatic carbocycles. The molecule has 4 nitrogen and oxygen atoms in total. The average Bonchev–Trinajstić information content (AvgIpc) is 2.49. The molecule has 0 amide bonds. The number of nitrogens with one attached hydrogen (secondary N) is 1. The molecule has 0 aromatic heterocycles. The van der Waals surface area contributed by atoms with Crippen LogP contribution in [-0.4, -0.2) is 47.0 Å². The summed E-state index contributed by atoms with van der Waals surface area (Å²) < 4.78 is 10.7. The molecule has 4 heteroatoms. The quantitative estimate of drug-likeness (QED) is 0.632. The first kappa shape index (κ1) is 16.8. The number of likely N-dealkylation sites (N-methyl/N-ethyl adjacent to an activating group) is 1. The molecule has 0 heterocycles. The van der Waals surface area contributed by atoms with Crippen molar-refractivity contribution in [2.45, 2.75) is 19.8 Å². The molecule has 0 unspecified atom stereocenters. The lowest BCUT2D eigenvalue weighted by atomic mass is 10.3. The van der Waals surface area contributed by atoms with Gasteiger partial charge in [0.15, 0.2) is 0 Å². The number of nitrogens with zero attached hydrogens (tertiary/aromatic N) is 1. The summed E-state index contributed by atoms with van der Waals surface area (Å²) in [5.74, 6) is 0.895. The third kappa shape index (κ3) is 6.78. The van der Waals surface area contributed by atoms with Gasteiger partial charge < -0.3 is 19.7 Å². The lowest BCUT2D eigenvalue weighted by Crippen LogP contribution is -2.31. The van der Waals surface area contributed by atoms with Crippen molar-refractivity contribution >= 4 is 5.69 Å². The minimum Gasteiger partial charge on any atom is -0.497 e. The molecular weight excluding hydrogens is 252 g/mol. The van der Waals surface area contributed by atoms with Gasteiger partial charge in [-0.25, -0.2) is 0 Å². The molecule has 0 aliphatic heterocycles. The summed E-state index contributed by atoms with van der Waals surface area (Å²) in [5.41, 5.74) is 1.17. The van der Waals surface area contributed by atoms with E-state index in [0.717, 1.165) is 45.0 Å². The molecule has 0 radical (unpaired) electrons. The van der Waals surface area contributed by atoms with E-state index in [9.17, 15) is 0 Å². The molecule has 0 fully saturated rings. The number of rotatable bonds is 11. The molecule has 1 rings (SSSR count). The second-order valence-corrected chi connectivity index (χ2v) is 4.84. The predicted molar refractivity (Wildman–Crippen MR) is 84.9 cm³/mol. The van der Waals surface area contributed by atoms with Crippen LogP contribution in [0.1, 0.15) is 19.8 Å². The van der Waals surface area contributed by atoms with Crippen LogP contribution < -0.4 is 15.0 Å². The Bertz CT molecular complexity index is 358. The van der Waals surface area contributed by atoms with Gasteiger partial charge in [-0.2, -0.15) is 0 Å². The van der Waals surface area contributed by atoms with Gasteiger partial charge in [-0.15, -0.1) is 0 Å². The fourth-order valence-electron chi connectivity index (χ4n) is 1.84. The van der Waals surface area contributed by atoms with Gasteiger partial charge in [0.2, 0.25) is 0 Å². The average molecular weight is 280 g/mol. The number of benzene rings is 1. The third-order valence-corrected chi connectivity index (χ3v) is 3.18. The van der Waals surface area contributed by atoms with Gasteiger partial charge in [0.1, 0.15) is 5.75 Å². The van der Waals surface area contributed by atoms with Gasteiger partial charge in [-0.1, -0.05) is 19.4 Å². The van der Waals surface area contributed by atoms with Crippen molar-refractivity contribution < 1.29 is 9.47 Å². The summed E-state index contributed by atoms with van der Waals surface area (Å²) in [6, 6.07) is 8.12. The maximum Gasteiger partial charge on any atom is 0.120 e. The van der Waals surface area contributed by atoms with Crippen molar-refractivity contribution in [3.63, 3.8) is 0 Å². The third-order valence-electron chi connectivity index (χ3n) is 3.18. The SMILES string of the molecule is CCCCOCCNCCN(C)c1cccc(OC)c1. The van der Waals surface area contributed by atoms with Crippen LogP contribution in [0.5, 0.6) is 5.75 Å². The molecular formula is C16H28N2O2. The Morgan fingerprint density at radius 3 is 2.80 bits per heavy atom. The van der Waals surface area contributed by atoms with Crippen molar-refractivity contribution in [3.05, 3.63) is 24.3 Å². The molecule has 1 aromatic carbocycles. The minimum absolute atomic E-state index is 0.795. The van der Waals surface area contributed by atoms with E-state index in [-0.39, 0.29) is 0 Å². The number of anilines is 1. The summed E-state index contributed by atoms with van der Waals surface area (Å²) in [6.07, 6.45) is 2.34. The summed E-state index contributed by atoms with van der Waals surface area (Å²) >= 11 is 0. The number of hydrogen-bond donors (Lipinski definition) is 1. The van der Waals surface area contributed by atoms with E-state index in [0.29, 0.717) is 0 Å². The Hall–Kier alpha value is -1.26. The first-order valence-electron chi connectivity index (χ1n) is 7.41. The van der Waals surface area contributed by atoms with Crippen LogP contribution in [0.25, 0.3) is 0 Å². The molecule has 0 saturated carbocycles. The summed E-state index contributed by atoms with van der Waals surface area (Å²) in [4.78, 5) is 2.22. The highest BCUT2D eigenvalue weighted by atomic mass is 16.5. The van der Waals surface area contributed by atoms with E-state index >= 15 is 0 Å². The highest BCUT2D eigenvalue weighted by Crippen LogP contribution is 2.19. The van der Waals surface area contributed by atoms with Gasteiger partial charge in [-0.05, 0) is 18.6 Å². The van der Waals surface area contributed by atoms with Gasteiger partial charge in [0, 0.05) is 45.0 Å². The summed E-state index contributed by atoms with van der Waals surface area (Å²) in [6.45, 7) is 6.67. The zero-order valence-corrected chi connectivity index (χ0v) is 13.0. The van der Waals surface area contributed by atoms with Crippen LogP contribution in [0, 0.1) is 0 Å². The van der Waals surface area contributed by atoms with Crippen molar-refractivity contribution in [1.29, 1.82) is 0 Å². The highest BCUT2D eigenvalue weighted by molar-refractivity contribution is 5.50. The summed E-state index contributed by atoms with van der Waals surface area (Å²) in [5, 5.41) is 3.39. The monoisotopic (exact) mass is 280 g/mol. The fraction of sp³-hybridized carbons (Fsp3) is 0.625. The summed E-state index contributed by atoms with van der Waals surface area (Å²) in [7, 11) is 3.79. The molecule has 1 N–H and O–H groups in total. The number of ether oxygens (including phenoxy) is 2. The largest absolute Gasteiger partial charge is 0.497 e. The van der Waals surface area contributed by atoms with Crippen molar-refractivity contribution in [2.75, 3.05) is 51.9 Å². The Morgan fingerprint density at radius 1 is 1.20 bits per heavy atom. The lowest BCUT2D eigenvalue weighted by Gasteiger charge is -2.20. The molecule has 1 aromatic rings. The van der Waals surface area contributed by atoms with E-state index < -0.39 is 0 Å². The first-order chi connectivity index (χ1) is 9.77. The van der Waals surface area contributed by atoms with Crippen LogP contribution in [0.3, 0.4) is 0 Å². The Kier molecular flexibility index (Phi) is 8.83. The predicted octanol–water partition coefficient (Wildman–Crippen LogP) is 2.54. The highest BCUT2D eigenvalue weighted by Gasteiger charge is 2.01. The molecule has 114 valence electrons. The van der Waals surface area contributed by atoms with Crippen LogP contribution in [0.2, 0.25) is 0 Å². The minimum atomic E-state index is 0.795. The van der Waals surface area contributed by atoms with E-state index in [2.05, 4.69) is 30.3 Å². The Morgan fingerprint density at radius 2 is 2.05 bits per heavy atom. The van der Waals surface area contributed by atoms with Gasteiger partial charge in [0.25, 0.3) is 0 Å². The normalized spacial score (nSPS) is 10.6. The number of hydrogen-bond acceptors (Lipinski definition) is 4. The second-order valence-electron chi connectivity index (χ2n) is 4.84. The van der Waals surface area contributed by atoms with Crippen LogP contribution in [-0.2, 0) is 4.74 Å². The Labute approximate surface area is 123 Å². The van der Waals surface area contributed by atoms with Crippen molar-refractivity contribution in [3.8, 4) is 5.75 Å². The topological polar surface area (TPSA) is 33.7 Å². The smallest absolute Gasteiger partial charge is 0.120 e. The zero-order valence-electron chi connectivity index (χ0n) is 13.0. The van der Waals surface area contributed by atoms with Crippen LogP contribution in [0.4, 0.5) is 5.69 Å². The standard InChI is InChI=1S/C16H28N2O2/c1-4-5-12-20-13-10-17-9-11-18(2)15-7-6-8-16(14-15)19-3/h6-8,14,17H,4-5,9-13H2,1-3H3. The zero-order chi connectivity index (χ0) is 14.6. The molecule has 0 saturated heterocycles. The maximum atomic E-state index is 5.50. The number of unbranched alkanes of at least 4 members (excludes halogenated alkanes) is 1. The van der Waals surface area contributed by atoms with E-state index in [1.54, 1.807) is 7.11 Å². The second kappa shape index (κ2) is 10.5. The Balaban J connectivity index is 2.12.